The Bertz CT molecular complexity index is 1660. The van der Waals surface area contributed by atoms with Gasteiger partial charge in [0.1, 0.15) is 17.7 Å². The van der Waals surface area contributed by atoms with Crippen molar-refractivity contribution < 1.29 is 41.3 Å². The van der Waals surface area contributed by atoms with Crippen molar-refractivity contribution in [3.8, 4) is 0 Å². The quantitative estimate of drug-likeness (QED) is 0.177. The number of esters is 2. The van der Waals surface area contributed by atoms with Crippen LogP contribution in [-0.2, 0) is 49.6 Å². The Balaban J connectivity index is 1.50. The largest absolute Gasteiger partial charge is 0.461 e. The first kappa shape index (κ1) is 31.4. The van der Waals surface area contributed by atoms with Gasteiger partial charge in [0.05, 0.1) is 6.42 Å². The lowest BCUT2D eigenvalue weighted by atomic mass is 9.98. The molecule has 5 rings (SSSR count). The highest BCUT2D eigenvalue weighted by atomic mass is 32.2. The van der Waals surface area contributed by atoms with Gasteiger partial charge < -0.3 is 14.8 Å². The fourth-order valence-corrected chi connectivity index (χ4v) is 7.55. The number of carbonyl (C=O) groups excluding carboxylic acids is 4. The van der Waals surface area contributed by atoms with Crippen molar-refractivity contribution in [3.63, 3.8) is 0 Å². The molecule has 2 aromatic carbocycles. The van der Waals surface area contributed by atoms with Crippen LogP contribution < -0.4 is 10.5 Å². The third-order valence-corrected chi connectivity index (χ3v) is 9.42. The molecule has 15 heteroatoms. The van der Waals surface area contributed by atoms with E-state index in [0.29, 0.717) is 16.0 Å². The van der Waals surface area contributed by atoms with Gasteiger partial charge >= 0.3 is 22.2 Å². The molecule has 2 atom stereocenters. The van der Waals surface area contributed by atoms with E-state index in [2.05, 4.69) is 5.32 Å². The second-order valence-electron chi connectivity index (χ2n) is 9.79. The molecule has 1 aromatic heterocycles. The van der Waals surface area contributed by atoms with E-state index in [9.17, 15) is 27.6 Å². The van der Waals surface area contributed by atoms with Crippen LogP contribution >= 0.6 is 23.1 Å². The van der Waals surface area contributed by atoms with Crippen LogP contribution in [0.4, 0.5) is 0 Å². The fourth-order valence-electron chi connectivity index (χ4n) is 4.84. The van der Waals surface area contributed by atoms with E-state index in [1.54, 1.807) is 66.0 Å². The van der Waals surface area contributed by atoms with Gasteiger partial charge in [0.15, 0.2) is 6.10 Å². The molecule has 3 heterocycles. The molecule has 1 fully saturated rings. The van der Waals surface area contributed by atoms with Crippen molar-refractivity contribution in [2.75, 3.05) is 12.4 Å². The minimum atomic E-state index is -4.77. The van der Waals surface area contributed by atoms with Gasteiger partial charge in [-0.1, -0.05) is 66.7 Å². The summed E-state index contributed by atoms with van der Waals surface area (Å²) in [5.74, 6) is -3.31. The summed E-state index contributed by atoms with van der Waals surface area (Å²) in [6.07, 6.45) is -1.04. The summed E-state index contributed by atoms with van der Waals surface area (Å²) < 4.78 is 40.5. The summed E-state index contributed by atoms with van der Waals surface area (Å²) in [6, 6.07) is 21.3. The lowest BCUT2D eigenvalue weighted by Gasteiger charge is -2.55. The van der Waals surface area contributed by atoms with Crippen LogP contribution in [0.1, 0.15) is 29.0 Å². The Morgan fingerprint density at radius 1 is 1.05 bits per heavy atom. The Morgan fingerprint density at radius 3 is 2.23 bits per heavy atom. The van der Waals surface area contributed by atoms with Crippen molar-refractivity contribution >= 4 is 57.2 Å². The van der Waals surface area contributed by atoms with E-state index < -0.39 is 51.3 Å². The van der Waals surface area contributed by atoms with Gasteiger partial charge in [-0.05, 0) is 22.6 Å². The van der Waals surface area contributed by atoms with Crippen LogP contribution in [-0.4, -0.2) is 60.5 Å². The van der Waals surface area contributed by atoms with Gasteiger partial charge in [-0.2, -0.15) is 8.42 Å². The average molecular weight is 658 g/mol. The number of carbonyl (C=O) groups is 4. The zero-order chi connectivity index (χ0) is 31.5. The van der Waals surface area contributed by atoms with E-state index in [4.69, 9.17) is 18.8 Å². The van der Waals surface area contributed by atoms with E-state index in [0.717, 1.165) is 16.7 Å². The minimum absolute atomic E-state index is 0.00399. The summed E-state index contributed by atoms with van der Waals surface area (Å²) in [6.45, 7) is 0.861. The predicted octanol–water partition coefficient (Wildman–Crippen LogP) is 2.39. The normalized spacial score (nSPS) is 19.7. The smallest absolute Gasteiger partial charge is 0.356 e. The fraction of sp³-hybridized carbons (Fsp3) is 0.241. The van der Waals surface area contributed by atoms with Gasteiger partial charge in [0.2, 0.25) is 5.91 Å². The van der Waals surface area contributed by atoms with Gasteiger partial charge in [0, 0.05) is 23.1 Å². The number of thiophene rings is 1. The lowest BCUT2D eigenvalue weighted by Crippen LogP contribution is -2.81. The molecule has 0 aliphatic carbocycles. The summed E-state index contributed by atoms with van der Waals surface area (Å²) in [4.78, 5) is 54.1. The maximum absolute atomic E-state index is 14.0. The van der Waals surface area contributed by atoms with Crippen LogP contribution in [0.2, 0.25) is 0 Å². The number of hydrogen-bond acceptors (Lipinski definition) is 11. The number of thioether (sulfide) groups is 1. The molecule has 2 amide bonds. The zero-order valence-corrected chi connectivity index (χ0v) is 25.7. The van der Waals surface area contributed by atoms with Crippen molar-refractivity contribution in [2.45, 2.75) is 30.5 Å². The molecule has 3 N–H and O–H groups in total. The molecule has 230 valence electrons. The van der Waals surface area contributed by atoms with Gasteiger partial charge in [0.25, 0.3) is 11.6 Å². The number of nitrogens with zero attached hydrogens (tertiary/aromatic N) is 1. The highest BCUT2D eigenvalue weighted by molar-refractivity contribution is 8.00. The molecule has 0 bridgehead atoms. The number of β-lactam (4-membered cyclic amide) rings is 1. The highest BCUT2D eigenvalue weighted by Gasteiger charge is 2.69. The minimum Gasteiger partial charge on any atom is -0.461 e. The molecule has 0 unspecified atom stereocenters. The molecular weight excluding hydrogens is 631 g/mol. The van der Waals surface area contributed by atoms with Crippen LogP contribution in [0.15, 0.2) is 89.4 Å². The first-order valence-corrected chi connectivity index (χ1v) is 16.6. The van der Waals surface area contributed by atoms with E-state index in [1.165, 1.54) is 18.3 Å². The molecule has 12 nitrogen and oxygen atoms in total. The first-order chi connectivity index (χ1) is 21.0. The van der Waals surface area contributed by atoms with Crippen molar-refractivity contribution in [2.24, 2.45) is 5.14 Å². The van der Waals surface area contributed by atoms with Crippen LogP contribution in [0.5, 0.6) is 0 Å². The maximum Gasteiger partial charge on any atom is 0.356 e. The molecule has 0 spiro atoms. The van der Waals surface area contributed by atoms with Crippen molar-refractivity contribution in [1.29, 1.82) is 0 Å². The van der Waals surface area contributed by atoms with Crippen LogP contribution in [0, 0.1) is 0 Å². The summed E-state index contributed by atoms with van der Waals surface area (Å²) in [7, 11) is -4.77. The number of ether oxygens (including phenoxy) is 2. The van der Waals surface area contributed by atoms with E-state index in [-0.39, 0.29) is 30.1 Å². The van der Waals surface area contributed by atoms with Gasteiger partial charge in [-0.3, -0.25) is 19.3 Å². The molecule has 1 saturated heterocycles. The molecule has 2 aliphatic heterocycles. The maximum atomic E-state index is 14.0. The highest BCUT2D eigenvalue weighted by Crippen LogP contribution is 2.48. The molecule has 3 aromatic rings. The zero-order valence-electron chi connectivity index (χ0n) is 23.2. The summed E-state index contributed by atoms with van der Waals surface area (Å²) in [5.41, 5.74) is -1.13. The molecule has 44 heavy (non-hydrogen) atoms. The first-order valence-electron chi connectivity index (χ1n) is 13.2. The molecule has 0 saturated carbocycles. The summed E-state index contributed by atoms with van der Waals surface area (Å²) in [5, 5.41) is 8.12. The van der Waals surface area contributed by atoms with Crippen molar-refractivity contribution in [1.82, 2.24) is 10.2 Å². The van der Waals surface area contributed by atoms with Crippen molar-refractivity contribution in [3.05, 3.63) is 105 Å². The number of benzene rings is 2. The monoisotopic (exact) mass is 657 g/mol. The Kier molecular flexibility index (Phi) is 9.22. The standard InChI is InChI=1S/C29H27N3O9S3/c1-18(33)39-16-21-17-43-28-29(41-44(30,37)38,31-23(34)15-22-13-8-14-42-22)27(36)32(28)24(21)26(35)40-25(19-9-4-2-5-10-19)20-11-6-3-7-12-20/h2-14,25,28H,15-17H2,1H3,(H,31,34)(H2,30,37,38)/t28-,29-/m1/s1. The summed E-state index contributed by atoms with van der Waals surface area (Å²) >= 11 is 2.30. The number of hydrogen-bond donors (Lipinski definition) is 2. The van der Waals surface area contributed by atoms with Gasteiger partial charge in [-0.15, -0.1) is 23.1 Å². The predicted molar refractivity (Wildman–Crippen MR) is 161 cm³/mol. The molecule has 2 aliphatic rings. The topological polar surface area (TPSA) is 171 Å². The average Bonchev–Trinajstić information content (AvgIpc) is 3.50. The second-order valence-corrected chi connectivity index (χ2v) is 13.0. The van der Waals surface area contributed by atoms with E-state index in [1.807, 2.05) is 12.1 Å². The molecular formula is C29H27N3O9S3. The third kappa shape index (κ3) is 6.71. The third-order valence-electron chi connectivity index (χ3n) is 6.67. The number of rotatable bonds is 11. The van der Waals surface area contributed by atoms with E-state index >= 15 is 0 Å². The number of fused-ring (bicyclic) bond motifs is 1. The molecule has 0 radical (unpaired) electrons. The Labute approximate surface area is 261 Å². The number of nitrogens with one attached hydrogen (secondary N) is 1. The second kappa shape index (κ2) is 12.9. The number of nitrogens with two attached hydrogens (primary N) is 1. The van der Waals surface area contributed by atoms with Crippen LogP contribution in [0.3, 0.4) is 0 Å². The lowest BCUT2D eigenvalue weighted by molar-refractivity contribution is -0.181. The SMILES string of the molecule is CC(=O)OCC1=C(C(=O)OC(c2ccccc2)c2ccccc2)N2C(=O)[C@@](NC(=O)Cc3cccs3)(OS(N)(=O)=O)[C@H]2SC1. The van der Waals surface area contributed by atoms with Crippen LogP contribution in [0.25, 0.3) is 0 Å². The Hall–Kier alpha value is -4.02. The Morgan fingerprint density at radius 2 is 1.68 bits per heavy atom. The van der Waals surface area contributed by atoms with Gasteiger partial charge in [-0.25, -0.2) is 14.1 Å². The number of amides is 2.